The molecule has 1 aromatic carbocycles. The second-order valence-corrected chi connectivity index (χ2v) is 6.83. The number of hydrogen-bond donors (Lipinski definition) is 3. The Kier molecular flexibility index (Phi) is 8.02. The van der Waals surface area contributed by atoms with Crippen LogP contribution in [0.5, 0.6) is 11.5 Å². The highest BCUT2D eigenvalue weighted by molar-refractivity contribution is 7.13. The number of carbonyl (C=O) groups excluding carboxylic acids is 1. The van der Waals surface area contributed by atoms with Gasteiger partial charge in [-0.1, -0.05) is 0 Å². The monoisotopic (exact) mass is 409 g/mol. The van der Waals surface area contributed by atoms with Crippen LogP contribution in [0.25, 0.3) is 0 Å². The molecule has 0 radical (unpaired) electrons. The summed E-state index contributed by atoms with van der Waals surface area (Å²) >= 11 is 1.52. The molecule has 1 aliphatic heterocycles. The quantitative estimate of drug-likeness (QED) is 0.631. The van der Waals surface area contributed by atoms with Gasteiger partial charge in [0, 0.05) is 36.3 Å². The molecule has 0 saturated carbocycles. The number of amides is 1. The Morgan fingerprint density at radius 1 is 1.32 bits per heavy atom. The lowest BCUT2D eigenvalue weighted by molar-refractivity contribution is -0.122. The molecule has 2 atom stereocenters. The number of aliphatic hydroxyl groups excluding tert-OH is 1. The first-order valence-corrected chi connectivity index (χ1v) is 9.33. The summed E-state index contributed by atoms with van der Waals surface area (Å²) in [4.78, 5) is 27.2. The molecular formula is C18H23N3O6S. The van der Waals surface area contributed by atoms with Crippen molar-refractivity contribution in [3.8, 4) is 11.5 Å². The summed E-state index contributed by atoms with van der Waals surface area (Å²) in [6.45, 7) is 0.889. The van der Waals surface area contributed by atoms with E-state index in [4.69, 9.17) is 19.4 Å². The summed E-state index contributed by atoms with van der Waals surface area (Å²) in [5.41, 5.74) is 0.485. The molecule has 0 bridgehead atoms. The molecule has 0 spiro atoms. The topological polar surface area (TPSA) is 121 Å². The smallest absolute Gasteiger partial charge is 0.290 e. The molecule has 0 unspecified atom stereocenters. The fraction of sp³-hybridized carbons (Fsp3) is 0.389. The second kappa shape index (κ2) is 10.5. The van der Waals surface area contributed by atoms with Crippen molar-refractivity contribution in [2.24, 2.45) is 0 Å². The van der Waals surface area contributed by atoms with Crippen LogP contribution in [-0.4, -0.2) is 67.0 Å². The molecule has 3 N–H and O–H groups in total. The highest BCUT2D eigenvalue weighted by Gasteiger charge is 2.28. The van der Waals surface area contributed by atoms with Crippen LogP contribution < -0.4 is 19.7 Å². The predicted octanol–water partition coefficient (Wildman–Crippen LogP) is 1.23. The number of hydrogen-bond acceptors (Lipinski definition) is 8. The maximum absolute atomic E-state index is 12.6. The maximum Gasteiger partial charge on any atom is 0.290 e. The maximum atomic E-state index is 12.6. The summed E-state index contributed by atoms with van der Waals surface area (Å²) < 4.78 is 10.4. The first-order chi connectivity index (χ1) is 13.5. The van der Waals surface area contributed by atoms with Crippen molar-refractivity contribution >= 4 is 28.8 Å². The van der Waals surface area contributed by atoms with Crippen LogP contribution in [0.1, 0.15) is 16.8 Å². The minimum atomic E-state index is -0.506. The molecule has 2 aromatic rings. The van der Waals surface area contributed by atoms with Crippen LogP contribution >= 0.6 is 11.3 Å². The number of benzene rings is 1. The molecule has 1 aromatic heterocycles. The van der Waals surface area contributed by atoms with Gasteiger partial charge in [-0.3, -0.25) is 9.59 Å². The van der Waals surface area contributed by atoms with Crippen molar-refractivity contribution in [3.63, 3.8) is 0 Å². The molecule has 9 nitrogen and oxygen atoms in total. The van der Waals surface area contributed by atoms with Gasteiger partial charge in [-0.2, -0.15) is 0 Å². The average molecular weight is 409 g/mol. The van der Waals surface area contributed by atoms with Crippen LogP contribution in [0, 0.1) is 0 Å². The van der Waals surface area contributed by atoms with E-state index in [1.165, 1.54) is 18.4 Å². The number of piperidine rings is 1. The van der Waals surface area contributed by atoms with Crippen LogP contribution in [-0.2, 0) is 4.79 Å². The van der Waals surface area contributed by atoms with E-state index in [0.29, 0.717) is 36.6 Å². The minimum Gasteiger partial charge on any atom is -0.493 e. The molecule has 2 heterocycles. The van der Waals surface area contributed by atoms with E-state index >= 15 is 0 Å². The molecule has 1 saturated heterocycles. The van der Waals surface area contributed by atoms with Crippen molar-refractivity contribution in [1.82, 2.24) is 10.3 Å². The largest absolute Gasteiger partial charge is 0.493 e. The SMILES string of the molecule is COc1ccc(C(=O)N[C@H]2C[C@@H](O)CN(c3nccs3)C2)cc1OC.O=CO. The lowest BCUT2D eigenvalue weighted by atomic mass is 10.0. The Morgan fingerprint density at radius 3 is 2.64 bits per heavy atom. The van der Waals surface area contributed by atoms with E-state index in [9.17, 15) is 9.90 Å². The third-order valence-electron chi connectivity index (χ3n) is 4.10. The van der Waals surface area contributed by atoms with E-state index in [0.717, 1.165) is 5.13 Å². The van der Waals surface area contributed by atoms with Gasteiger partial charge in [0.1, 0.15) is 0 Å². The number of ether oxygens (including phenoxy) is 2. The standard InChI is InChI=1S/C17H21N3O4S.CH2O2/c1-23-14-4-3-11(7-15(14)24-2)16(22)19-12-8-13(21)10-20(9-12)17-18-5-6-25-17;2-1-3/h3-7,12-13,21H,8-10H2,1-2H3,(H,19,22);1H,(H,2,3)/t12-,13+;/m0./s1. The Hall–Kier alpha value is -2.85. The fourth-order valence-corrected chi connectivity index (χ4v) is 3.61. The summed E-state index contributed by atoms with van der Waals surface area (Å²) in [5.74, 6) is 0.865. The summed E-state index contributed by atoms with van der Waals surface area (Å²) in [7, 11) is 3.08. The Morgan fingerprint density at radius 2 is 2.04 bits per heavy atom. The van der Waals surface area contributed by atoms with Crippen LogP contribution in [0.3, 0.4) is 0 Å². The van der Waals surface area contributed by atoms with E-state index in [-0.39, 0.29) is 18.4 Å². The van der Waals surface area contributed by atoms with Gasteiger partial charge >= 0.3 is 0 Å². The summed E-state index contributed by atoms with van der Waals surface area (Å²) in [6.07, 6.45) is 1.74. The molecule has 0 aliphatic carbocycles. The van der Waals surface area contributed by atoms with Gasteiger partial charge in [0.15, 0.2) is 16.6 Å². The van der Waals surface area contributed by atoms with Gasteiger partial charge < -0.3 is 29.9 Å². The van der Waals surface area contributed by atoms with Crippen molar-refractivity contribution in [3.05, 3.63) is 35.3 Å². The number of nitrogens with zero attached hydrogens (tertiary/aromatic N) is 2. The third-order valence-corrected chi connectivity index (χ3v) is 4.93. The number of carboxylic acid groups (broad SMARTS) is 1. The van der Waals surface area contributed by atoms with Gasteiger partial charge in [0.25, 0.3) is 12.4 Å². The zero-order valence-electron chi connectivity index (χ0n) is 15.6. The van der Waals surface area contributed by atoms with Crippen molar-refractivity contribution in [2.45, 2.75) is 18.6 Å². The van der Waals surface area contributed by atoms with Gasteiger partial charge in [-0.05, 0) is 24.6 Å². The zero-order chi connectivity index (χ0) is 20.5. The van der Waals surface area contributed by atoms with Gasteiger partial charge in [0.2, 0.25) is 0 Å². The van der Waals surface area contributed by atoms with Gasteiger partial charge in [-0.25, -0.2) is 4.98 Å². The van der Waals surface area contributed by atoms with Gasteiger partial charge in [-0.15, -0.1) is 11.3 Å². The molecule has 10 heteroatoms. The average Bonchev–Trinajstić information content (AvgIpc) is 3.22. The zero-order valence-corrected chi connectivity index (χ0v) is 16.4. The highest BCUT2D eigenvalue weighted by Crippen LogP contribution is 2.28. The predicted molar refractivity (Wildman–Crippen MR) is 104 cm³/mol. The third kappa shape index (κ3) is 5.57. The number of aromatic nitrogens is 1. The Labute approximate surface area is 166 Å². The van der Waals surface area contributed by atoms with E-state index in [2.05, 4.69) is 10.3 Å². The summed E-state index contributed by atoms with van der Waals surface area (Å²) in [6, 6.07) is 4.87. The Balaban J connectivity index is 0.000000878. The lowest BCUT2D eigenvalue weighted by Gasteiger charge is -2.35. The molecule has 1 amide bonds. The first kappa shape index (κ1) is 21.5. The van der Waals surface area contributed by atoms with Crippen molar-refractivity contribution < 1.29 is 29.3 Å². The molecule has 1 aliphatic rings. The van der Waals surface area contributed by atoms with Crippen LogP contribution in [0.15, 0.2) is 29.8 Å². The van der Waals surface area contributed by atoms with Gasteiger partial charge in [0.05, 0.1) is 20.3 Å². The molecule has 152 valence electrons. The molecule has 1 fully saturated rings. The number of nitrogens with one attached hydrogen (secondary N) is 1. The van der Waals surface area contributed by atoms with E-state index < -0.39 is 6.10 Å². The highest BCUT2D eigenvalue weighted by atomic mass is 32.1. The lowest BCUT2D eigenvalue weighted by Crippen LogP contribution is -2.52. The van der Waals surface area contributed by atoms with E-state index in [1.54, 1.807) is 31.5 Å². The van der Waals surface area contributed by atoms with Crippen molar-refractivity contribution in [1.29, 1.82) is 0 Å². The molecule has 3 rings (SSSR count). The first-order valence-electron chi connectivity index (χ1n) is 8.45. The Bertz CT molecular complexity index is 771. The number of thiazole rings is 1. The number of carbonyl (C=O) groups is 2. The number of aliphatic hydroxyl groups is 1. The second-order valence-electron chi connectivity index (χ2n) is 5.95. The van der Waals surface area contributed by atoms with E-state index in [1.807, 2.05) is 10.3 Å². The van der Waals surface area contributed by atoms with Crippen molar-refractivity contribution in [2.75, 3.05) is 32.2 Å². The number of β-amino-alcohol motifs (C(OH)–C–C–N with tert-alkyl or cyclic N) is 1. The number of rotatable bonds is 5. The number of anilines is 1. The molecule has 28 heavy (non-hydrogen) atoms. The van der Waals surface area contributed by atoms with Crippen LogP contribution in [0.4, 0.5) is 5.13 Å². The molecular weight excluding hydrogens is 386 g/mol. The summed E-state index contributed by atoms with van der Waals surface area (Å²) in [5, 5.41) is 22.8. The van der Waals surface area contributed by atoms with Crippen LogP contribution in [0.2, 0.25) is 0 Å². The number of methoxy groups -OCH3 is 2. The normalized spacial score (nSPS) is 18.5. The fourth-order valence-electron chi connectivity index (χ4n) is 2.95. The minimum absolute atomic E-state index is 0.159.